The Bertz CT molecular complexity index is 867. The summed E-state index contributed by atoms with van der Waals surface area (Å²) in [6.45, 7) is 0. The van der Waals surface area contributed by atoms with Crippen molar-refractivity contribution in [3.05, 3.63) is 60.2 Å². The van der Waals surface area contributed by atoms with Crippen LogP contribution in [0.5, 0.6) is 0 Å². The molecule has 5 nitrogen and oxygen atoms in total. The first-order valence-electron chi connectivity index (χ1n) is 12.6. The highest BCUT2D eigenvalue weighted by Crippen LogP contribution is 2.64. The van der Waals surface area contributed by atoms with E-state index < -0.39 is 13.4 Å². The molecule has 0 heterocycles. The van der Waals surface area contributed by atoms with E-state index >= 15 is 0 Å². The van der Waals surface area contributed by atoms with E-state index in [1.54, 1.807) is 0 Å². The third kappa shape index (κ3) is 6.62. The van der Waals surface area contributed by atoms with Gasteiger partial charge in [0.05, 0.1) is 12.2 Å². The van der Waals surface area contributed by atoms with Gasteiger partial charge >= 0.3 is 7.60 Å². The Labute approximate surface area is 199 Å². The summed E-state index contributed by atoms with van der Waals surface area (Å²) in [6.07, 6.45) is 10.8. The van der Waals surface area contributed by atoms with Crippen LogP contribution in [-0.4, -0.2) is 26.3 Å². The van der Waals surface area contributed by atoms with Gasteiger partial charge in [0.2, 0.25) is 0 Å². The van der Waals surface area contributed by atoms with Crippen molar-refractivity contribution in [1.29, 1.82) is 0 Å². The Hall–Kier alpha value is -1.81. The summed E-state index contributed by atoms with van der Waals surface area (Å²) in [7, 11) is 0.534. The molecule has 180 valence electrons. The molecule has 4 rings (SSSR count). The standard InChI is InChI=1S/C27H39N2O3P/c1-29(2)24-20-18-22(19-21-24)27(28-23-12-6-3-7-13-23)33(30,31-25-14-8-4-9-15-25)32-26-16-10-5-11-17-26/h3,6-7,12-13,18-21,25-28H,4-5,8-11,14-17H2,1-2H3/t27-/m0/s1. The average Bonchev–Trinajstić information content (AvgIpc) is 2.84. The molecule has 2 aliphatic carbocycles. The van der Waals surface area contributed by atoms with Gasteiger partial charge in [0.1, 0.15) is 0 Å². The van der Waals surface area contributed by atoms with Gasteiger partial charge in [-0.3, -0.25) is 4.57 Å². The summed E-state index contributed by atoms with van der Waals surface area (Å²) in [6, 6.07) is 18.2. The molecule has 2 aromatic rings. The van der Waals surface area contributed by atoms with Crippen molar-refractivity contribution in [1.82, 2.24) is 0 Å². The number of rotatable bonds is 9. The van der Waals surface area contributed by atoms with Gasteiger partial charge in [-0.2, -0.15) is 0 Å². The van der Waals surface area contributed by atoms with Crippen LogP contribution in [0.25, 0.3) is 0 Å². The number of hydrogen-bond donors (Lipinski definition) is 1. The van der Waals surface area contributed by atoms with Gasteiger partial charge in [0.15, 0.2) is 5.78 Å². The molecule has 33 heavy (non-hydrogen) atoms. The maximum absolute atomic E-state index is 14.8. The lowest BCUT2D eigenvalue weighted by Crippen LogP contribution is -2.25. The summed E-state index contributed by atoms with van der Waals surface area (Å²) in [5.41, 5.74) is 2.95. The fourth-order valence-electron chi connectivity index (χ4n) is 4.90. The largest absolute Gasteiger partial charge is 0.378 e. The maximum atomic E-state index is 14.8. The molecule has 0 bridgehead atoms. The van der Waals surface area contributed by atoms with Gasteiger partial charge in [-0.25, -0.2) is 0 Å². The zero-order valence-electron chi connectivity index (χ0n) is 20.1. The van der Waals surface area contributed by atoms with E-state index in [4.69, 9.17) is 9.05 Å². The minimum absolute atomic E-state index is 0.00528. The minimum Gasteiger partial charge on any atom is -0.378 e. The zero-order valence-corrected chi connectivity index (χ0v) is 21.0. The van der Waals surface area contributed by atoms with Crippen LogP contribution >= 0.6 is 7.60 Å². The van der Waals surface area contributed by atoms with Gasteiger partial charge in [0, 0.05) is 25.5 Å². The van der Waals surface area contributed by atoms with Crippen molar-refractivity contribution in [2.75, 3.05) is 24.3 Å². The lowest BCUT2D eigenvalue weighted by atomic mass is 9.98. The first kappa shape index (κ1) is 24.3. The minimum atomic E-state index is -3.52. The molecule has 1 atom stereocenters. The molecule has 2 fully saturated rings. The molecule has 2 aromatic carbocycles. The number of anilines is 2. The summed E-state index contributed by atoms with van der Waals surface area (Å²) < 4.78 is 27.8. The molecule has 2 saturated carbocycles. The van der Waals surface area contributed by atoms with Crippen LogP contribution in [-0.2, 0) is 13.6 Å². The first-order chi connectivity index (χ1) is 16.0. The third-order valence-corrected chi connectivity index (χ3v) is 9.06. The summed E-state index contributed by atoms with van der Waals surface area (Å²) in [5.74, 6) is -0.556. The molecule has 0 spiro atoms. The van der Waals surface area contributed by atoms with Crippen molar-refractivity contribution < 1.29 is 13.6 Å². The normalized spacial score (nSPS) is 19.2. The molecule has 0 aromatic heterocycles. The summed E-state index contributed by atoms with van der Waals surface area (Å²) >= 11 is 0. The van der Waals surface area contributed by atoms with Gasteiger partial charge in [-0.15, -0.1) is 0 Å². The van der Waals surface area contributed by atoms with E-state index in [0.29, 0.717) is 0 Å². The van der Waals surface area contributed by atoms with Crippen LogP contribution in [0.15, 0.2) is 54.6 Å². The molecule has 0 saturated heterocycles. The predicted molar refractivity (Wildman–Crippen MR) is 137 cm³/mol. The maximum Gasteiger partial charge on any atom is 0.357 e. The number of nitrogens with zero attached hydrogens (tertiary/aromatic N) is 1. The topological polar surface area (TPSA) is 50.8 Å². The highest BCUT2D eigenvalue weighted by molar-refractivity contribution is 7.54. The Balaban J connectivity index is 1.68. The van der Waals surface area contributed by atoms with E-state index in [0.717, 1.165) is 68.3 Å². The van der Waals surface area contributed by atoms with Crippen LogP contribution in [0.2, 0.25) is 0 Å². The van der Waals surface area contributed by atoms with E-state index in [1.807, 2.05) is 44.4 Å². The Morgan fingerprint density at radius 3 is 1.79 bits per heavy atom. The third-order valence-electron chi connectivity index (χ3n) is 6.82. The average molecular weight is 471 g/mol. The summed E-state index contributed by atoms with van der Waals surface area (Å²) in [4.78, 5) is 2.07. The smallest absolute Gasteiger partial charge is 0.357 e. The van der Waals surface area contributed by atoms with Crippen molar-refractivity contribution in [3.8, 4) is 0 Å². The van der Waals surface area contributed by atoms with E-state index in [1.165, 1.54) is 12.8 Å². The lowest BCUT2D eigenvalue weighted by Gasteiger charge is -2.36. The molecule has 2 aliphatic rings. The molecular formula is C27H39N2O3P. The Morgan fingerprint density at radius 1 is 0.788 bits per heavy atom. The second kappa shape index (κ2) is 11.6. The SMILES string of the molecule is CN(C)c1ccc([C@@H](Nc2ccccc2)P(=O)(OC2CCCCC2)OC2CCCCC2)cc1. The Morgan fingerprint density at radius 2 is 1.30 bits per heavy atom. The Kier molecular flexibility index (Phi) is 8.51. The first-order valence-corrected chi connectivity index (χ1v) is 14.2. The fraction of sp³-hybridized carbons (Fsp3) is 0.556. The number of benzene rings is 2. The fourth-order valence-corrected chi connectivity index (χ4v) is 7.29. The zero-order chi connectivity index (χ0) is 23.1. The molecular weight excluding hydrogens is 431 g/mol. The van der Waals surface area contributed by atoms with Crippen LogP contribution in [0.1, 0.15) is 75.6 Å². The lowest BCUT2D eigenvalue weighted by molar-refractivity contribution is 0.0758. The van der Waals surface area contributed by atoms with Crippen LogP contribution in [0.3, 0.4) is 0 Å². The van der Waals surface area contributed by atoms with Gasteiger partial charge in [-0.1, -0.05) is 68.9 Å². The predicted octanol–water partition coefficient (Wildman–Crippen LogP) is 7.76. The molecule has 0 radical (unpaired) electrons. The highest BCUT2D eigenvalue weighted by Gasteiger charge is 2.42. The highest BCUT2D eigenvalue weighted by atomic mass is 31.2. The number of hydrogen-bond acceptors (Lipinski definition) is 5. The molecule has 0 aliphatic heterocycles. The van der Waals surface area contributed by atoms with Crippen molar-refractivity contribution in [3.63, 3.8) is 0 Å². The van der Waals surface area contributed by atoms with Crippen LogP contribution in [0.4, 0.5) is 11.4 Å². The van der Waals surface area contributed by atoms with Crippen molar-refractivity contribution >= 4 is 19.0 Å². The van der Waals surface area contributed by atoms with Crippen molar-refractivity contribution in [2.24, 2.45) is 0 Å². The molecule has 0 unspecified atom stereocenters. The molecule has 0 amide bonds. The van der Waals surface area contributed by atoms with Gasteiger partial charge in [-0.05, 0) is 55.5 Å². The van der Waals surface area contributed by atoms with Crippen LogP contribution in [0, 0.1) is 0 Å². The number of nitrogens with one attached hydrogen (secondary N) is 1. The summed E-state index contributed by atoms with van der Waals surface area (Å²) in [5, 5.41) is 3.54. The molecule has 1 N–H and O–H groups in total. The van der Waals surface area contributed by atoms with Gasteiger partial charge < -0.3 is 19.3 Å². The van der Waals surface area contributed by atoms with E-state index in [9.17, 15) is 4.57 Å². The van der Waals surface area contributed by atoms with Crippen molar-refractivity contribution in [2.45, 2.75) is 82.2 Å². The van der Waals surface area contributed by atoms with E-state index in [-0.39, 0.29) is 12.2 Å². The van der Waals surface area contributed by atoms with Crippen LogP contribution < -0.4 is 10.2 Å². The second-order valence-corrected chi connectivity index (χ2v) is 11.7. The van der Waals surface area contributed by atoms with Gasteiger partial charge in [0.25, 0.3) is 0 Å². The monoisotopic (exact) mass is 470 g/mol. The number of para-hydroxylation sites is 1. The molecule has 6 heteroatoms. The van der Waals surface area contributed by atoms with E-state index in [2.05, 4.69) is 34.5 Å². The quantitative estimate of drug-likeness (QED) is 0.380. The second-order valence-electron chi connectivity index (χ2n) is 9.67.